The molecule has 0 bridgehead atoms. The van der Waals surface area contributed by atoms with Crippen LogP contribution in [0.5, 0.6) is 0 Å². The van der Waals surface area contributed by atoms with Crippen molar-refractivity contribution in [3.05, 3.63) is 35.4 Å². The van der Waals surface area contributed by atoms with Crippen molar-refractivity contribution in [1.29, 1.82) is 0 Å². The van der Waals surface area contributed by atoms with Crippen LogP contribution in [0.15, 0.2) is 24.3 Å². The minimum Gasteiger partial charge on any atom is -0.386 e. The Bertz CT molecular complexity index is 362. The molecule has 108 valence electrons. The average Bonchev–Trinajstić information content (AvgIpc) is 2.35. The number of rotatable bonds is 6. The SMILES string of the molecule is CCCc1ccc(C(O)C(OCC)C(C)(C)C)cc1. The van der Waals surface area contributed by atoms with E-state index in [9.17, 15) is 5.11 Å². The molecular formula is C17H28O2. The van der Waals surface area contributed by atoms with Crippen molar-refractivity contribution in [1.82, 2.24) is 0 Å². The van der Waals surface area contributed by atoms with Gasteiger partial charge in [0.15, 0.2) is 0 Å². The number of aliphatic hydroxyl groups is 1. The highest BCUT2D eigenvalue weighted by Gasteiger charge is 2.32. The number of benzene rings is 1. The van der Waals surface area contributed by atoms with Crippen molar-refractivity contribution in [2.75, 3.05) is 6.61 Å². The maximum absolute atomic E-state index is 10.5. The molecule has 0 saturated heterocycles. The predicted molar refractivity (Wildman–Crippen MR) is 80.3 cm³/mol. The van der Waals surface area contributed by atoms with Crippen molar-refractivity contribution in [2.24, 2.45) is 5.41 Å². The van der Waals surface area contributed by atoms with Gasteiger partial charge in [-0.3, -0.25) is 0 Å². The molecule has 0 saturated carbocycles. The molecule has 0 heterocycles. The fourth-order valence-electron chi connectivity index (χ4n) is 2.34. The van der Waals surface area contributed by atoms with E-state index in [0.29, 0.717) is 6.61 Å². The van der Waals surface area contributed by atoms with Gasteiger partial charge in [0.05, 0.1) is 6.10 Å². The third-order valence-corrected chi connectivity index (χ3v) is 3.35. The molecule has 2 nitrogen and oxygen atoms in total. The van der Waals surface area contributed by atoms with Crippen molar-refractivity contribution >= 4 is 0 Å². The molecule has 0 aromatic heterocycles. The van der Waals surface area contributed by atoms with Crippen molar-refractivity contribution < 1.29 is 9.84 Å². The van der Waals surface area contributed by atoms with Gasteiger partial charge in [0.2, 0.25) is 0 Å². The van der Waals surface area contributed by atoms with Crippen LogP contribution in [0.2, 0.25) is 0 Å². The van der Waals surface area contributed by atoms with Gasteiger partial charge in [-0.2, -0.15) is 0 Å². The van der Waals surface area contributed by atoms with E-state index in [4.69, 9.17) is 4.74 Å². The fourth-order valence-corrected chi connectivity index (χ4v) is 2.34. The third kappa shape index (κ3) is 4.63. The zero-order chi connectivity index (χ0) is 14.5. The van der Waals surface area contributed by atoms with Crippen molar-refractivity contribution in [3.8, 4) is 0 Å². The predicted octanol–water partition coefficient (Wildman–Crippen LogP) is 4.12. The van der Waals surface area contributed by atoms with Crippen LogP contribution < -0.4 is 0 Å². The maximum Gasteiger partial charge on any atom is 0.106 e. The van der Waals surface area contributed by atoms with Gasteiger partial charge in [0, 0.05) is 6.61 Å². The fraction of sp³-hybridized carbons (Fsp3) is 0.647. The Morgan fingerprint density at radius 3 is 2.11 bits per heavy atom. The van der Waals surface area contributed by atoms with Crippen LogP contribution in [0.1, 0.15) is 58.3 Å². The third-order valence-electron chi connectivity index (χ3n) is 3.35. The van der Waals surface area contributed by atoms with E-state index in [-0.39, 0.29) is 11.5 Å². The number of hydrogen-bond donors (Lipinski definition) is 1. The molecule has 1 aromatic carbocycles. The summed E-state index contributed by atoms with van der Waals surface area (Å²) in [7, 11) is 0. The first kappa shape index (κ1) is 16.2. The Hall–Kier alpha value is -0.860. The van der Waals surface area contributed by atoms with Crippen LogP contribution >= 0.6 is 0 Å². The normalized spacial score (nSPS) is 15.3. The van der Waals surface area contributed by atoms with E-state index in [0.717, 1.165) is 18.4 Å². The highest BCUT2D eigenvalue weighted by molar-refractivity contribution is 5.25. The summed E-state index contributed by atoms with van der Waals surface area (Å²) in [5.41, 5.74) is 2.17. The smallest absolute Gasteiger partial charge is 0.106 e. The van der Waals surface area contributed by atoms with Crippen LogP contribution in [-0.2, 0) is 11.2 Å². The molecule has 0 radical (unpaired) electrons. The van der Waals surface area contributed by atoms with Crippen molar-refractivity contribution in [2.45, 2.75) is 59.7 Å². The van der Waals surface area contributed by atoms with Gasteiger partial charge < -0.3 is 9.84 Å². The number of aryl methyl sites for hydroxylation is 1. The quantitative estimate of drug-likeness (QED) is 0.837. The first-order valence-electron chi connectivity index (χ1n) is 7.28. The van der Waals surface area contributed by atoms with E-state index >= 15 is 0 Å². The topological polar surface area (TPSA) is 29.5 Å². The maximum atomic E-state index is 10.5. The number of hydrogen-bond acceptors (Lipinski definition) is 2. The first-order valence-corrected chi connectivity index (χ1v) is 7.28. The number of aliphatic hydroxyl groups excluding tert-OH is 1. The van der Waals surface area contributed by atoms with Crippen LogP contribution in [0, 0.1) is 5.41 Å². The summed E-state index contributed by atoms with van der Waals surface area (Å²) in [6.45, 7) is 11.1. The van der Waals surface area contributed by atoms with Crippen LogP contribution in [0.3, 0.4) is 0 Å². The zero-order valence-electron chi connectivity index (χ0n) is 12.9. The Kier molecular flexibility index (Phi) is 6.02. The molecule has 1 aromatic rings. The van der Waals surface area contributed by atoms with Crippen LogP contribution in [0.25, 0.3) is 0 Å². The number of ether oxygens (including phenoxy) is 1. The summed E-state index contributed by atoms with van der Waals surface area (Å²) in [6, 6.07) is 8.25. The Labute approximate surface area is 117 Å². The van der Waals surface area contributed by atoms with Gasteiger partial charge in [-0.1, -0.05) is 58.4 Å². The van der Waals surface area contributed by atoms with E-state index in [1.807, 2.05) is 19.1 Å². The molecular weight excluding hydrogens is 236 g/mol. The summed E-state index contributed by atoms with van der Waals surface area (Å²) in [5.74, 6) is 0. The summed E-state index contributed by atoms with van der Waals surface area (Å²) in [4.78, 5) is 0. The van der Waals surface area contributed by atoms with Crippen LogP contribution in [0.4, 0.5) is 0 Å². The first-order chi connectivity index (χ1) is 8.90. The average molecular weight is 264 g/mol. The van der Waals surface area contributed by atoms with E-state index in [2.05, 4.69) is 39.8 Å². The highest BCUT2D eigenvalue weighted by Crippen LogP contribution is 2.32. The zero-order valence-corrected chi connectivity index (χ0v) is 12.9. The Morgan fingerprint density at radius 2 is 1.68 bits per heavy atom. The van der Waals surface area contributed by atoms with Crippen LogP contribution in [-0.4, -0.2) is 17.8 Å². The standard InChI is InChI=1S/C17H28O2/c1-6-8-13-9-11-14(12-10-13)15(18)16(19-7-2)17(3,4)5/h9-12,15-16,18H,6-8H2,1-5H3. The minimum absolute atomic E-state index is 0.0858. The van der Waals surface area contributed by atoms with E-state index < -0.39 is 6.10 Å². The van der Waals surface area contributed by atoms with Gasteiger partial charge in [-0.15, -0.1) is 0 Å². The highest BCUT2D eigenvalue weighted by atomic mass is 16.5. The lowest BCUT2D eigenvalue weighted by Gasteiger charge is -2.34. The molecule has 0 aliphatic rings. The lowest BCUT2D eigenvalue weighted by molar-refractivity contribution is -0.0898. The summed E-state index contributed by atoms with van der Waals surface area (Å²) >= 11 is 0. The lowest BCUT2D eigenvalue weighted by atomic mass is 9.83. The molecule has 2 unspecified atom stereocenters. The lowest BCUT2D eigenvalue weighted by Crippen LogP contribution is -2.35. The van der Waals surface area contributed by atoms with Gasteiger partial charge in [0.1, 0.15) is 6.10 Å². The molecule has 0 aliphatic heterocycles. The summed E-state index contributed by atoms with van der Waals surface area (Å²) < 4.78 is 5.75. The molecule has 1 rings (SSSR count). The molecule has 0 amide bonds. The van der Waals surface area contributed by atoms with Gasteiger partial charge in [0.25, 0.3) is 0 Å². The van der Waals surface area contributed by atoms with Gasteiger partial charge in [-0.25, -0.2) is 0 Å². The molecule has 1 N–H and O–H groups in total. The molecule has 0 fully saturated rings. The molecule has 2 heteroatoms. The van der Waals surface area contributed by atoms with E-state index in [1.54, 1.807) is 0 Å². The second kappa shape index (κ2) is 7.06. The Balaban J connectivity index is 2.87. The largest absolute Gasteiger partial charge is 0.386 e. The summed E-state index contributed by atoms with van der Waals surface area (Å²) in [5, 5.41) is 10.5. The molecule has 2 atom stereocenters. The molecule has 0 spiro atoms. The van der Waals surface area contributed by atoms with Gasteiger partial charge >= 0.3 is 0 Å². The van der Waals surface area contributed by atoms with E-state index in [1.165, 1.54) is 5.56 Å². The second-order valence-electron chi connectivity index (χ2n) is 6.18. The summed E-state index contributed by atoms with van der Waals surface area (Å²) in [6.07, 6.45) is 1.47. The molecule has 0 aliphatic carbocycles. The second-order valence-corrected chi connectivity index (χ2v) is 6.18. The monoisotopic (exact) mass is 264 g/mol. The molecule has 19 heavy (non-hydrogen) atoms. The van der Waals surface area contributed by atoms with Gasteiger partial charge in [-0.05, 0) is 29.9 Å². The van der Waals surface area contributed by atoms with Crippen molar-refractivity contribution in [3.63, 3.8) is 0 Å². The Morgan fingerprint density at radius 1 is 1.11 bits per heavy atom. The minimum atomic E-state index is -0.573.